The van der Waals surface area contributed by atoms with Crippen molar-refractivity contribution in [2.45, 2.75) is 58.5 Å². The van der Waals surface area contributed by atoms with Crippen molar-refractivity contribution in [2.75, 3.05) is 6.61 Å². The number of ether oxygens (including phenoxy) is 1. The highest BCUT2D eigenvalue weighted by Gasteiger charge is 2.30. The first-order valence-electron chi connectivity index (χ1n) is 12.0. The Morgan fingerprint density at radius 2 is 1.51 bits per heavy atom. The van der Waals surface area contributed by atoms with Crippen LogP contribution in [0, 0.1) is 5.92 Å². The number of fused-ring (bicyclic) bond motifs is 3. The van der Waals surface area contributed by atoms with Crippen LogP contribution in [0.15, 0.2) is 60.2 Å². The van der Waals surface area contributed by atoms with Crippen LogP contribution in [-0.4, -0.2) is 41.8 Å². The van der Waals surface area contributed by atoms with E-state index in [-0.39, 0.29) is 24.9 Å². The van der Waals surface area contributed by atoms with Gasteiger partial charge in [-0.1, -0.05) is 74.0 Å². The zero-order chi connectivity index (χ0) is 25.5. The van der Waals surface area contributed by atoms with E-state index in [1.165, 1.54) is 0 Å². The molecule has 0 aromatic heterocycles. The normalized spacial score (nSPS) is 13.9. The fourth-order valence-corrected chi connectivity index (χ4v) is 4.33. The van der Waals surface area contributed by atoms with Gasteiger partial charge >= 0.3 is 12.1 Å². The summed E-state index contributed by atoms with van der Waals surface area (Å²) in [5.74, 6) is -1.66. The Labute approximate surface area is 206 Å². The average Bonchev–Trinajstić information content (AvgIpc) is 3.13. The molecule has 186 valence electrons. The third kappa shape index (κ3) is 6.72. The van der Waals surface area contributed by atoms with Crippen molar-refractivity contribution < 1.29 is 24.2 Å². The van der Waals surface area contributed by atoms with E-state index in [0.29, 0.717) is 6.42 Å². The van der Waals surface area contributed by atoms with E-state index >= 15 is 0 Å². The number of amides is 2. The van der Waals surface area contributed by atoms with Crippen molar-refractivity contribution in [1.29, 1.82) is 0 Å². The Kier molecular flexibility index (Phi) is 8.68. The van der Waals surface area contributed by atoms with Crippen LogP contribution in [0.3, 0.4) is 0 Å². The number of carboxylic acid groups (broad SMARTS) is 1. The molecule has 0 fully saturated rings. The first kappa shape index (κ1) is 26.0. The topological polar surface area (TPSA) is 105 Å². The van der Waals surface area contributed by atoms with E-state index in [2.05, 4.69) is 22.8 Å². The third-order valence-corrected chi connectivity index (χ3v) is 6.04. The maximum Gasteiger partial charge on any atom is 0.407 e. The second-order valence-electron chi connectivity index (χ2n) is 9.57. The van der Waals surface area contributed by atoms with Crippen molar-refractivity contribution in [3.63, 3.8) is 0 Å². The molecule has 35 heavy (non-hydrogen) atoms. The first-order chi connectivity index (χ1) is 16.7. The number of aliphatic carboxylic acids is 1. The van der Waals surface area contributed by atoms with Crippen LogP contribution in [0.2, 0.25) is 0 Å². The second-order valence-corrected chi connectivity index (χ2v) is 9.57. The minimum Gasteiger partial charge on any atom is -0.480 e. The Balaban J connectivity index is 1.66. The number of carboxylic acids is 1. The molecule has 0 heterocycles. The number of carbonyl (C=O) groups excluding carboxylic acids is 2. The largest absolute Gasteiger partial charge is 0.480 e. The molecule has 0 spiro atoms. The molecule has 1 unspecified atom stereocenters. The van der Waals surface area contributed by atoms with Crippen LogP contribution in [0.1, 0.15) is 57.6 Å². The molecule has 3 rings (SSSR count). The van der Waals surface area contributed by atoms with Crippen molar-refractivity contribution in [1.82, 2.24) is 10.6 Å². The lowest BCUT2D eigenvalue weighted by atomic mass is 9.98. The van der Waals surface area contributed by atoms with Gasteiger partial charge in [-0.2, -0.15) is 0 Å². The molecule has 2 aromatic rings. The van der Waals surface area contributed by atoms with Crippen molar-refractivity contribution in [3.05, 3.63) is 71.3 Å². The number of rotatable bonds is 10. The molecule has 2 amide bonds. The lowest BCUT2D eigenvalue weighted by Crippen LogP contribution is -2.52. The van der Waals surface area contributed by atoms with Gasteiger partial charge in [0.2, 0.25) is 5.91 Å². The number of allylic oxidation sites excluding steroid dienone is 1. The summed E-state index contributed by atoms with van der Waals surface area (Å²) in [5, 5.41) is 14.7. The summed E-state index contributed by atoms with van der Waals surface area (Å²) >= 11 is 0. The quantitative estimate of drug-likeness (QED) is 0.423. The molecule has 3 N–H and O–H groups in total. The Morgan fingerprint density at radius 3 is 2.03 bits per heavy atom. The standard InChI is InChI=1S/C28H34N2O5/c1-17(2)13-14-24(27(32)33)29-26(31)25(15-18(3)4)30-28(34)35-16-23-21-11-7-5-9-19(21)20-10-6-8-12-22(20)23/h5-13,18,23-25H,14-16H2,1-4H3,(H,29,31)(H,30,34)(H,32,33)/t24?,25-/m1/s1. The Bertz CT molecular complexity index is 1060. The zero-order valence-corrected chi connectivity index (χ0v) is 20.7. The number of hydrogen-bond donors (Lipinski definition) is 3. The molecule has 2 atom stereocenters. The van der Waals surface area contributed by atoms with E-state index < -0.39 is 30.1 Å². The van der Waals surface area contributed by atoms with Crippen molar-refractivity contribution in [3.8, 4) is 11.1 Å². The van der Waals surface area contributed by atoms with Gasteiger partial charge in [0.25, 0.3) is 0 Å². The molecule has 7 nitrogen and oxygen atoms in total. The zero-order valence-electron chi connectivity index (χ0n) is 20.7. The van der Waals surface area contributed by atoms with Gasteiger partial charge in [-0.3, -0.25) is 4.79 Å². The molecule has 0 aliphatic heterocycles. The summed E-state index contributed by atoms with van der Waals surface area (Å²) in [6.45, 7) is 7.71. The second kappa shape index (κ2) is 11.7. The van der Waals surface area contributed by atoms with Crippen molar-refractivity contribution >= 4 is 18.0 Å². The molecule has 1 aliphatic rings. The lowest BCUT2D eigenvalue weighted by Gasteiger charge is -2.23. The predicted octanol–water partition coefficient (Wildman–Crippen LogP) is 4.87. The number of hydrogen-bond acceptors (Lipinski definition) is 4. The monoisotopic (exact) mass is 478 g/mol. The third-order valence-electron chi connectivity index (χ3n) is 6.04. The van der Waals surface area contributed by atoms with Gasteiger partial charge in [-0.15, -0.1) is 0 Å². The molecular weight excluding hydrogens is 444 g/mol. The molecule has 2 aromatic carbocycles. The van der Waals surface area contributed by atoms with Gasteiger partial charge in [-0.25, -0.2) is 9.59 Å². The molecule has 7 heteroatoms. The maximum absolute atomic E-state index is 12.9. The highest BCUT2D eigenvalue weighted by molar-refractivity contribution is 5.89. The minimum atomic E-state index is -1.12. The first-order valence-corrected chi connectivity index (χ1v) is 12.0. The molecular formula is C28H34N2O5. The molecule has 0 radical (unpaired) electrons. The Hall–Kier alpha value is -3.61. The summed E-state index contributed by atoms with van der Waals surface area (Å²) in [6.07, 6.45) is 1.58. The highest BCUT2D eigenvalue weighted by atomic mass is 16.5. The summed E-state index contributed by atoms with van der Waals surface area (Å²) in [7, 11) is 0. The number of alkyl carbamates (subject to hydrolysis) is 1. The average molecular weight is 479 g/mol. The molecule has 0 bridgehead atoms. The number of carbonyl (C=O) groups is 3. The van der Waals surface area contributed by atoms with Gasteiger partial charge in [0.05, 0.1) is 0 Å². The Morgan fingerprint density at radius 1 is 0.943 bits per heavy atom. The maximum atomic E-state index is 12.9. The van der Waals surface area contributed by atoms with Gasteiger partial charge in [0.15, 0.2) is 0 Å². The van der Waals surface area contributed by atoms with E-state index in [9.17, 15) is 19.5 Å². The number of benzene rings is 2. The van der Waals surface area contributed by atoms with Crippen molar-refractivity contribution in [2.24, 2.45) is 5.92 Å². The summed E-state index contributed by atoms with van der Waals surface area (Å²) < 4.78 is 5.58. The summed E-state index contributed by atoms with van der Waals surface area (Å²) in [6, 6.07) is 14.1. The minimum absolute atomic E-state index is 0.0917. The van der Waals surface area contributed by atoms with E-state index in [0.717, 1.165) is 27.8 Å². The summed E-state index contributed by atoms with van der Waals surface area (Å²) in [4.78, 5) is 37.2. The fraction of sp³-hybridized carbons (Fsp3) is 0.393. The van der Waals surface area contributed by atoms with Crippen LogP contribution < -0.4 is 10.6 Å². The van der Waals surface area contributed by atoms with Gasteiger partial charge in [-0.05, 0) is 54.9 Å². The molecule has 0 saturated heterocycles. The van der Waals surface area contributed by atoms with Crippen LogP contribution in [0.4, 0.5) is 4.79 Å². The van der Waals surface area contributed by atoms with Crippen LogP contribution in [0.25, 0.3) is 11.1 Å². The lowest BCUT2D eigenvalue weighted by molar-refractivity contribution is -0.142. The van der Waals surface area contributed by atoms with Gasteiger partial charge in [0, 0.05) is 5.92 Å². The highest BCUT2D eigenvalue weighted by Crippen LogP contribution is 2.44. The predicted molar refractivity (Wildman–Crippen MR) is 135 cm³/mol. The van der Waals surface area contributed by atoms with Crippen LogP contribution in [0.5, 0.6) is 0 Å². The fourth-order valence-electron chi connectivity index (χ4n) is 4.33. The van der Waals surface area contributed by atoms with Crippen LogP contribution >= 0.6 is 0 Å². The van der Waals surface area contributed by atoms with Gasteiger partial charge in [0.1, 0.15) is 18.7 Å². The van der Waals surface area contributed by atoms with Gasteiger partial charge < -0.3 is 20.5 Å². The molecule has 0 saturated carbocycles. The van der Waals surface area contributed by atoms with E-state index in [4.69, 9.17) is 4.74 Å². The SMILES string of the molecule is CC(C)=CCC(NC(=O)[C@@H](CC(C)C)NC(=O)OCC1c2ccccc2-c2ccccc21)C(=O)O. The van der Waals surface area contributed by atoms with E-state index in [1.54, 1.807) is 6.08 Å². The summed E-state index contributed by atoms with van der Waals surface area (Å²) in [5.41, 5.74) is 5.42. The van der Waals surface area contributed by atoms with E-state index in [1.807, 2.05) is 64.1 Å². The molecule has 1 aliphatic carbocycles. The van der Waals surface area contributed by atoms with Crippen LogP contribution in [-0.2, 0) is 14.3 Å². The number of nitrogens with one attached hydrogen (secondary N) is 2. The smallest absolute Gasteiger partial charge is 0.407 e.